The van der Waals surface area contributed by atoms with Gasteiger partial charge in [0.2, 0.25) is 11.8 Å². The van der Waals surface area contributed by atoms with Crippen molar-refractivity contribution in [1.82, 2.24) is 10.1 Å². The minimum Gasteiger partial charge on any atom is -0.339 e. The molecule has 7 aliphatic rings. The molecule has 1 amide bonds. The lowest BCUT2D eigenvalue weighted by Gasteiger charge is -2.66. The molecule has 4 bridgehead atoms. The highest BCUT2D eigenvalue weighted by atomic mass is 19.4. The third-order valence-electron chi connectivity index (χ3n) is 11.3. The molecule has 43 heavy (non-hydrogen) atoms. The molecule has 0 spiro atoms. The first-order valence-electron chi connectivity index (χ1n) is 15.6. The molecule has 226 valence electrons. The average Bonchev–Trinajstić information content (AvgIpc) is 3.70. The van der Waals surface area contributed by atoms with Crippen LogP contribution >= 0.6 is 0 Å². The average molecular weight is 594 g/mol. The highest BCUT2D eigenvalue weighted by Gasteiger charge is 2.69. The number of rotatable bonds is 8. The van der Waals surface area contributed by atoms with E-state index in [1.807, 2.05) is 17.0 Å². The van der Waals surface area contributed by atoms with Crippen LogP contribution in [0.1, 0.15) is 100 Å². The highest BCUT2D eigenvalue weighted by Crippen LogP contribution is 2.71. The maximum Gasteiger partial charge on any atom is 0.416 e. The van der Waals surface area contributed by atoms with Gasteiger partial charge in [-0.15, -0.1) is 0 Å². The number of hydrogen-bond donors (Lipinski definition) is 0. The standard InChI is InChI=1S/C34H35F4N3O2/c35-33-18-31(19-33,20-33)17-27(42)41(26-6-2-4-24(16-26)23-3-1-5-25(15-23)34(36,37)38)21-30-9-12-32(13-10-30,14-11-30)29-39-28(40-43-29)22-7-8-22/h1-6,15-16,22H,7-14,17-21H2. The summed E-state index contributed by atoms with van der Waals surface area (Å²) in [5.74, 6) is 2.03. The van der Waals surface area contributed by atoms with Gasteiger partial charge in [0.15, 0.2) is 5.82 Å². The molecule has 0 N–H and O–H groups in total. The third-order valence-corrected chi connectivity index (χ3v) is 11.3. The van der Waals surface area contributed by atoms with Gasteiger partial charge < -0.3 is 9.42 Å². The number of aromatic nitrogens is 2. The van der Waals surface area contributed by atoms with Gasteiger partial charge in [-0.1, -0.05) is 29.4 Å². The van der Waals surface area contributed by atoms with E-state index in [4.69, 9.17) is 9.51 Å². The minimum atomic E-state index is -4.44. The van der Waals surface area contributed by atoms with E-state index in [1.54, 1.807) is 18.2 Å². The first-order valence-corrected chi connectivity index (χ1v) is 15.6. The number of anilines is 1. The number of fused-ring (bicyclic) bond motifs is 3. The molecule has 1 aromatic heterocycles. The highest BCUT2D eigenvalue weighted by molar-refractivity contribution is 5.95. The summed E-state index contributed by atoms with van der Waals surface area (Å²) in [6.45, 7) is 0.544. The van der Waals surface area contributed by atoms with E-state index in [0.29, 0.717) is 55.0 Å². The molecule has 3 aromatic rings. The largest absolute Gasteiger partial charge is 0.416 e. The fraction of sp³-hybridized carbons (Fsp3) is 0.559. The Kier molecular flexibility index (Phi) is 5.81. The Morgan fingerprint density at radius 3 is 2.19 bits per heavy atom. The quantitative estimate of drug-likeness (QED) is 0.246. The normalized spacial score (nSPS) is 32.7. The Labute approximate surface area is 248 Å². The molecule has 0 radical (unpaired) electrons. The van der Waals surface area contributed by atoms with Gasteiger partial charge >= 0.3 is 6.18 Å². The van der Waals surface area contributed by atoms with E-state index in [-0.39, 0.29) is 22.2 Å². The summed E-state index contributed by atoms with van der Waals surface area (Å²) in [4.78, 5) is 20.7. The summed E-state index contributed by atoms with van der Waals surface area (Å²) in [6.07, 6.45) is 5.06. The molecule has 0 saturated heterocycles. The van der Waals surface area contributed by atoms with Crippen LogP contribution in [-0.4, -0.2) is 28.3 Å². The lowest BCUT2D eigenvalue weighted by atomic mass is 9.41. The van der Waals surface area contributed by atoms with Crippen LogP contribution < -0.4 is 4.90 Å². The number of benzene rings is 2. The smallest absolute Gasteiger partial charge is 0.339 e. The molecule has 7 fully saturated rings. The van der Waals surface area contributed by atoms with Crippen LogP contribution in [0, 0.1) is 10.8 Å². The summed E-state index contributed by atoms with van der Waals surface area (Å²) in [7, 11) is 0. The minimum absolute atomic E-state index is 0.0225. The van der Waals surface area contributed by atoms with Crippen molar-refractivity contribution in [3.63, 3.8) is 0 Å². The fourth-order valence-electron chi connectivity index (χ4n) is 8.63. The van der Waals surface area contributed by atoms with Crippen molar-refractivity contribution in [3.05, 3.63) is 65.8 Å². The van der Waals surface area contributed by atoms with E-state index in [0.717, 1.165) is 75.2 Å². The van der Waals surface area contributed by atoms with Crippen molar-refractivity contribution in [2.24, 2.45) is 10.8 Å². The Bertz CT molecular complexity index is 1550. The van der Waals surface area contributed by atoms with Gasteiger partial charge in [-0.3, -0.25) is 4.79 Å². The summed E-state index contributed by atoms with van der Waals surface area (Å²) in [6, 6.07) is 12.6. The van der Waals surface area contributed by atoms with E-state index in [9.17, 15) is 22.4 Å². The second-order valence-corrected chi connectivity index (χ2v) is 14.5. The Morgan fingerprint density at radius 1 is 0.907 bits per heavy atom. The molecule has 0 aliphatic heterocycles. The van der Waals surface area contributed by atoms with Crippen LogP contribution in [0.25, 0.3) is 11.1 Å². The van der Waals surface area contributed by atoms with Gasteiger partial charge in [0.1, 0.15) is 5.67 Å². The first-order chi connectivity index (χ1) is 20.5. The summed E-state index contributed by atoms with van der Waals surface area (Å²) < 4.78 is 60.5. The van der Waals surface area contributed by atoms with Gasteiger partial charge in [-0.2, -0.15) is 18.2 Å². The van der Waals surface area contributed by atoms with Crippen molar-refractivity contribution in [2.75, 3.05) is 11.4 Å². The van der Waals surface area contributed by atoms with Crippen LogP contribution in [0.4, 0.5) is 23.2 Å². The molecular formula is C34H35F4N3O2. The number of nitrogens with zero attached hydrogens (tertiary/aromatic N) is 3. The van der Waals surface area contributed by atoms with Gasteiger partial charge in [0.25, 0.3) is 0 Å². The van der Waals surface area contributed by atoms with E-state index in [1.165, 1.54) is 6.07 Å². The van der Waals surface area contributed by atoms with Gasteiger partial charge in [-0.25, -0.2) is 4.39 Å². The van der Waals surface area contributed by atoms with Crippen LogP contribution in [-0.2, 0) is 16.4 Å². The number of carbonyl (C=O) groups is 1. The number of carbonyl (C=O) groups excluding carboxylic acids is 1. The van der Waals surface area contributed by atoms with Crippen LogP contribution in [0.5, 0.6) is 0 Å². The summed E-state index contributed by atoms with van der Waals surface area (Å²) in [5, 5.41) is 4.27. The first kappa shape index (κ1) is 27.3. The molecule has 10 rings (SSSR count). The second-order valence-electron chi connectivity index (χ2n) is 14.5. The fourth-order valence-corrected chi connectivity index (χ4v) is 8.63. The predicted octanol–water partition coefficient (Wildman–Crippen LogP) is 8.54. The Balaban J connectivity index is 1.06. The van der Waals surface area contributed by atoms with Crippen molar-refractivity contribution in [2.45, 2.75) is 100 Å². The zero-order chi connectivity index (χ0) is 29.7. The van der Waals surface area contributed by atoms with Crippen LogP contribution in [0.2, 0.25) is 0 Å². The lowest BCUT2D eigenvalue weighted by Crippen LogP contribution is -2.65. The number of halogens is 4. The Morgan fingerprint density at radius 2 is 1.56 bits per heavy atom. The SMILES string of the molecule is O=C(CC12CC(F)(C1)C2)N(CC12CCC(c3nc(C4CC4)no3)(CC1)CC2)c1cccc(-c2cccc(C(F)(F)F)c2)c1. The zero-order valence-electron chi connectivity index (χ0n) is 24.1. The monoisotopic (exact) mass is 593 g/mol. The van der Waals surface area contributed by atoms with Gasteiger partial charge in [-0.05, 0) is 117 Å². The third kappa shape index (κ3) is 4.69. The molecule has 9 heteroatoms. The molecule has 0 unspecified atom stereocenters. The van der Waals surface area contributed by atoms with E-state index >= 15 is 0 Å². The van der Waals surface area contributed by atoms with Gasteiger partial charge in [0, 0.05) is 30.0 Å². The predicted molar refractivity (Wildman–Crippen MR) is 152 cm³/mol. The van der Waals surface area contributed by atoms with E-state index < -0.39 is 17.4 Å². The zero-order valence-corrected chi connectivity index (χ0v) is 24.1. The van der Waals surface area contributed by atoms with Crippen LogP contribution in [0.15, 0.2) is 53.1 Å². The molecule has 5 nitrogen and oxygen atoms in total. The lowest BCUT2D eigenvalue weighted by molar-refractivity contribution is -0.215. The molecule has 7 saturated carbocycles. The molecule has 2 aromatic carbocycles. The number of amides is 1. The van der Waals surface area contributed by atoms with Crippen molar-refractivity contribution < 1.29 is 26.9 Å². The molecule has 7 aliphatic carbocycles. The molecule has 1 heterocycles. The van der Waals surface area contributed by atoms with Crippen molar-refractivity contribution >= 4 is 11.6 Å². The summed E-state index contributed by atoms with van der Waals surface area (Å²) in [5.41, 5.74) is -0.435. The van der Waals surface area contributed by atoms with Crippen LogP contribution in [0.3, 0.4) is 0 Å². The van der Waals surface area contributed by atoms with Crippen molar-refractivity contribution in [1.29, 1.82) is 0 Å². The maximum atomic E-state index is 14.3. The maximum absolute atomic E-state index is 14.3. The van der Waals surface area contributed by atoms with E-state index in [2.05, 4.69) is 5.16 Å². The van der Waals surface area contributed by atoms with Crippen molar-refractivity contribution in [3.8, 4) is 11.1 Å². The summed E-state index contributed by atoms with van der Waals surface area (Å²) >= 11 is 0. The Hall–Kier alpha value is -3.23. The van der Waals surface area contributed by atoms with Gasteiger partial charge in [0.05, 0.1) is 5.56 Å². The topological polar surface area (TPSA) is 59.2 Å². The molecular weight excluding hydrogens is 558 g/mol. The molecule has 0 atom stereocenters. The second kappa shape index (κ2) is 9.14. The number of alkyl halides is 4. The number of hydrogen-bond acceptors (Lipinski definition) is 4.